The minimum atomic E-state index is -0.990. The zero-order valence-electron chi connectivity index (χ0n) is 17.7. The number of carbonyl (C=O) groups is 2. The molecule has 0 spiro atoms. The first kappa shape index (κ1) is 23.2. The fourth-order valence-electron chi connectivity index (χ4n) is 3.54. The molecule has 2 aromatic rings. The first-order valence-electron chi connectivity index (χ1n) is 9.67. The summed E-state index contributed by atoms with van der Waals surface area (Å²) in [5, 5.41) is 22.5. The summed E-state index contributed by atoms with van der Waals surface area (Å²) >= 11 is 6.17. The Kier molecular flexibility index (Phi) is 6.81. The maximum Gasteiger partial charge on any atom is 0.295 e. The van der Waals surface area contributed by atoms with Gasteiger partial charge in [-0.3, -0.25) is 19.7 Å². The van der Waals surface area contributed by atoms with Crippen LogP contribution in [0.25, 0.3) is 5.76 Å². The van der Waals surface area contributed by atoms with E-state index in [1.165, 1.54) is 48.4 Å². The quantitative estimate of drug-likeness (QED) is 0.222. The largest absolute Gasteiger partial charge is 0.507 e. The molecule has 0 saturated carbocycles. The van der Waals surface area contributed by atoms with Crippen LogP contribution in [0.5, 0.6) is 5.75 Å². The molecule has 0 aliphatic carbocycles. The van der Waals surface area contributed by atoms with Crippen LogP contribution in [0.1, 0.15) is 17.2 Å². The van der Waals surface area contributed by atoms with Crippen molar-refractivity contribution in [3.05, 3.63) is 74.3 Å². The molecule has 0 aromatic heterocycles. The van der Waals surface area contributed by atoms with Gasteiger partial charge in [-0.05, 0) is 37.9 Å². The molecule has 168 valence electrons. The Hall–Kier alpha value is -3.43. The standard InChI is InChI=1S/C22H22ClN3O6/c1-24(2)9-10-25-19(13-5-4-6-15(11-13)26(30)31)18(21(28)22(25)29)20(27)14-7-8-17(32-3)16(23)12-14/h4-8,11-12,19,27H,9-10H2,1-3H3/t19-/m0/s1. The molecule has 32 heavy (non-hydrogen) atoms. The Morgan fingerprint density at radius 1 is 1.25 bits per heavy atom. The maximum absolute atomic E-state index is 13.0. The molecular weight excluding hydrogens is 438 g/mol. The van der Waals surface area contributed by atoms with Crippen LogP contribution in [0.4, 0.5) is 5.69 Å². The summed E-state index contributed by atoms with van der Waals surface area (Å²) in [7, 11) is 5.08. The van der Waals surface area contributed by atoms with Crippen LogP contribution in [0.2, 0.25) is 5.02 Å². The Morgan fingerprint density at radius 3 is 2.56 bits per heavy atom. The number of carbonyl (C=O) groups excluding carboxylic acids is 2. The van der Waals surface area contributed by atoms with Gasteiger partial charge in [0.15, 0.2) is 0 Å². The highest BCUT2D eigenvalue weighted by atomic mass is 35.5. The SMILES string of the molecule is COc1ccc(C(O)=C2C(=O)C(=O)N(CCN(C)C)[C@H]2c2cccc([N+](=O)[O-])c2)cc1Cl. The summed E-state index contributed by atoms with van der Waals surface area (Å²) in [6.07, 6.45) is 0. The molecule has 3 rings (SSSR count). The van der Waals surface area contributed by atoms with E-state index in [0.717, 1.165) is 0 Å². The van der Waals surface area contributed by atoms with Crippen LogP contribution in [0, 0.1) is 10.1 Å². The number of non-ortho nitro benzene ring substituents is 1. The number of amides is 1. The van der Waals surface area contributed by atoms with E-state index >= 15 is 0 Å². The van der Waals surface area contributed by atoms with Gasteiger partial charge in [0.25, 0.3) is 17.4 Å². The predicted molar refractivity (Wildman–Crippen MR) is 119 cm³/mol. The van der Waals surface area contributed by atoms with E-state index in [0.29, 0.717) is 17.9 Å². The lowest BCUT2D eigenvalue weighted by Gasteiger charge is -2.26. The lowest BCUT2D eigenvalue weighted by molar-refractivity contribution is -0.384. The average molecular weight is 460 g/mol. The molecule has 0 radical (unpaired) electrons. The lowest BCUT2D eigenvalue weighted by atomic mass is 9.95. The van der Waals surface area contributed by atoms with Crippen molar-refractivity contribution in [2.45, 2.75) is 6.04 Å². The van der Waals surface area contributed by atoms with Crippen molar-refractivity contribution in [2.75, 3.05) is 34.3 Å². The van der Waals surface area contributed by atoms with Crippen LogP contribution >= 0.6 is 11.6 Å². The molecule has 0 bridgehead atoms. The second-order valence-electron chi connectivity index (χ2n) is 7.50. The highest BCUT2D eigenvalue weighted by Gasteiger charge is 2.46. The van der Waals surface area contributed by atoms with Crippen molar-refractivity contribution >= 4 is 34.7 Å². The number of aliphatic hydroxyl groups is 1. The number of nitro groups is 1. The van der Waals surface area contributed by atoms with Crippen molar-refractivity contribution in [1.29, 1.82) is 0 Å². The minimum Gasteiger partial charge on any atom is -0.507 e. The fourth-order valence-corrected chi connectivity index (χ4v) is 3.80. The highest BCUT2D eigenvalue weighted by molar-refractivity contribution is 6.46. The van der Waals surface area contributed by atoms with Crippen molar-refractivity contribution in [2.24, 2.45) is 0 Å². The number of nitro benzene ring substituents is 1. The average Bonchev–Trinajstić information content (AvgIpc) is 3.01. The van der Waals surface area contributed by atoms with Gasteiger partial charge in [0.2, 0.25) is 0 Å². The van der Waals surface area contributed by atoms with Gasteiger partial charge in [0.1, 0.15) is 11.5 Å². The summed E-state index contributed by atoms with van der Waals surface area (Å²) in [6.45, 7) is 0.637. The molecule has 1 heterocycles. The van der Waals surface area contributed by atoms with Crippen LogP contribution in [0.15, 0.2) is 48.0 Å². The first-order valence-corrected chi connectivity index (χ1v) is 10.0. The number of rotatable bonds is 7. The second kappa shape index (κ2) is 9.37. The van der Waals surface area contributed by atoms with Gasteiger partial charge in [0, 0.05) is 30.8 Å². The molecule has 10 heteroatoms. The first-order chi connectivity index (χ1) is 15.1. The summed E-state index contributed by atoms with van der Waals surface area (Å²) in [4.78, 5) is 39.7. The topological polar surface area (TPSA) is 113 Å². The molecule has 1 amide bonds. The van der Waals surface area contributed by atoms with Gasteiger partial charge < -0.3 is 19.6 Å². The summed E-state index contributed by atoms with van der Waals surface area (Å²) in [5.41, 5.74) is 0.221. The van der Waals surface area contributed by atoms with Crippen molar-refractivity contribution < 1.29 is 24.4 Å². The van der Waals surface area contributed by atoms with E-state index in [9.17, 15) is 24.8 Å². The van der Waals surface area contributed by atoms with Crippen LogP contribution in [0.3, 0.4) is 0 Å². The third kappa shape index (κ3) is 4.44. The number of ketones is 1. The minimum absolute atomic E-state index is 0.157. The Balaban J connectivity index is 2.19. The summed E-state index contributed by atoms with van der Waals surface area (Å²) in [6, 6.07) is 9.15. The van der Waals surface area contributed by atoms with Crippen molar-refractivity contribution in [3.63, 3.8) is 0 Å². The molecule has 9 nitrogen and oxygen atoms in total. The molecule has 1 atom stereocenters. The van der Waals surface area contributed by atoms with Gasteiger partial charge in [0.05, 0.1) is 28.7 Å². The van der Waals surface area contributed by atoms with E-state index in [1.54, 1.807) is 6.07 Å². The number of halogens is 1. The Morgan fingerprint density at radius 2 is 1.97 bits per heavy atom. The van der Waals surface area contributed by atoms with Gasteiger partial charge in [-0.1, -0.05) is 23.7 Å². The number of likely N-dealkylation sites (N-methyl/N-ethyl adjacent to an activating group) is 1. The number of hydrogen-bond acceptors (Lipinski definition) is 7. The molecule has 1 aliphatic rings. The van der Waals surface area contributed by atoms with E-state index in [-0.39, 0.29) is 28.4 Å². The Labute approximate surface area is 189 Å². The number of benzene rings is 2. The van der Waals surface area contributed by atoms with E-state index in [4.69, 9.17) is 16.3 Å². The number of aliphatic hydroxyl groups excluding tert-OH is 1. The van der Waals surface area contributed by atoms with Crippen molar-refractivity contribution in [3.8, 4) is 5.75 Å². The van der Waals surface area contributed by atoms with Crippen LogP contribution < -0.4 is 4.74 Å². The van der Waals surface area contributed by atoms with Crippen molar-refractivity contribution in [1.82, 2.24) is 9.80 Å². The zero-order valence-corrected chi connectivity index (χ0v) is 18.5. The van der Waals surface area contributed by atoms with E-state index in [1.807, 2.05) is 19.0 Å². The van der Waals surface area contributed by atoms with Gasteiger partial charge in [-0.2, -0.15) is 0 Å². The van der Waals surface area contributed by atoms with E-state index < -0.39 is 28.4 Å². The molecular formula is C22H22ClN3O6. The fraction of sp³-hybridized carbons (Fsp3) is 0.273. The number of Topliss-reactive ketones (excluding diaryl/α,β-unsaturated/α-hetero) is 1. The van der Waals surface area contributed by atoms with Gasteiger partial charge >= 0.3 is 0 Å². The molecule has 1 fully saturated rings. The number of ether oxygens (including phenoxy) is 1. The molecule has 1 aliphatic heterocycles. The number of likely N-dealkylation sites (tertiary alicyclic amines) is 1. The van der Waals surface area contributed by atoms with Crippen LogP contribution in [-0.4, -0.2) is 65.8 Å². The molecule has 2 aromatic carbocycles. The number of hydrogen-bond donors (Lipinski definition) is 1. The summed E-state index contributed by atoms with van der Waals surface area (Å²) in [5.74, 6) is -1.70. The molecule has 1 N–H and O–H groups in total. The smallest absolute Gasteiger partial charge is 0.295 e. The second-order valence-corrected chi connectivity index (χ2v) is 7.90. The normalized spacial score (nSPS) is 17.8. The number of methoxy groups -OCH3 is 1. The molecule has 0 unspecified atom stereocenters. The third-order valence-corrected chi connectivity index (χ3v) is 5.45. The lowest BCUT2D eigenvalue weighted by Crippen LogP contribution is -2.35. The Bertz CT molecular complexity index is 1110. The maximum atomic E-state index is 13.0. The van der Waals surface area contributed by atoms with Gasteiger partial charge in [-0.25, -0.2) is 0 Å². The predicted octanol–water partition coefficient (Wildman–Crippen LogP) is 3.24. The monoisotopic (exact) mass is 459 g/mol. The van der Waals surface area contributed by atoms with E-state index in [2.05, 4.69) is 0 Å². The molecule has 1 saturated heterocycles. The van der Waals surface area contributed by atoms with Gasteiger partial charge in [-0.15, -0.1) is 0 Å². The van der Waals surface area contributed by atoms with Crippen LogP contribution in [-0.2, 0) is 9.59 Å². The number of nitrogens with zero attached hydrogens (tertiary/aromatic N) is 3. The zero-order chi connectivity index (χ0) is 23.6. The third-order valence-electron chi connectivity index (χ3n) is 5.15. The summed E-state index contributed by atoms with van der Waals surface area (Å²) < 4.78 is 5.11. The highest BCUT2D eigenvalue weighted by Crippen LogP contribution is 2.40.